The van der Waals surface area contributed by atoms with Gasteiger partial charge in [-0.25, -0.2) is 0 Å². The molecule has 0 radical (unpaired) electrons. The summed E-state index contributed by atoms with van der Waals surface area (Å²) in [6.45, 7) is 1.67. The van der Waals surface area contributed by atoms with Crippen LogP contribution < -0.4 is 5.32 Å². The van der Waals surface area contributed by atoms with Gasteiger partial charge in [-0.3, -0.25) is 9.59 Å². The van der Waals surface area contributed by atoms with E-state index in [4.69, 9.17) is 23.2 Å². The average molecular weight is 330 g/mol. The Hall–Kier alpha value is -1.26. The van der Waals surface area contributed by atoms with E-state index < -0.39 is 23.3 Å². The number of amides is 1. The van der Waals surface area contributed by atoms with Crippen LogP contribution in [0.1, 0.15) is 43.0 Å². The van der Waals surface area contributed by atoms with Crippen molar-refractivity contribution in [3.8, 4) is 0 Å². The van der Waals surface area contributed by atoms with E-state index in [0.717, 1.165) is 12.8 Å². The number of aliphatic carboxylic acids is 1. The summed E-state index contributed by atoms with van der Waals surface area (Å²) in [6.07, 6.45) is 2.92. The molecule has 0 spiro atoms. The van der Waals surface area contributed by atoms with Crippen LogP contribution in [0.4, 0.5) is 0 Å². The van der Waals surface area contributed by atoms with Crippen molar-refractivity contribution >= 4 is 35.1 Å². The van der Waals surface area contributed by atoms with Crippen LogP contribution in [0.3, 0.4) is 0 Å². The largest absolute Gasteiger partial charge is 0.481 e. The van der Waals surface area contributed by atoms with Gasteiger partial charge in [-0.05, 0) is 31.9 Å². The molecule has 6 heteroatoms. The first-order valence-corrected chi connectivity index (χ1v) is 7.60. The molecule has 0 aromatic heterocycles. The number of carbonyl (C=O) groups is 2. The van der Waals surface area contributed by atoms with E-state index in [1.54, 1.807) is 25.1 Å². The molecule has 1 fully saturated rings. The van der Waals surface area contributed by atoms with Crippen molar-refractivity contribution < 1.29 is 14.7 Å². The summed E-state index contributed by atoms with van der Waals surface area (Å²) in [4.78, 5) is 23.9. The van der Waals surface area contributed by atoms with Crippen LogP contribution in [0.15, 0.2) is 18.2 Å². The highest BCUT2D eigenvalue weighted by atomic mass is 35.5. The molecule has 1 amide bonds. The smallest absolute Gasteiger partial charge is 0.311 e. The van der Waals surface area contributed by atoms with Gasteiger partial charge in [0.1, 0.15) is 0 Å². The Labute approximate surface area is 133 Å². The summed E-state index contributed by atoms with van der Waals surface area (Å²) in [5, 5.41) is 12.8. The Kier molecular flexibility index (Phi) is 4.79. The van der Waals surface area contributed by atoms with E-state index in [-0.39, 0.29) is 15.6 Å². The Morgan fingerprint density at radius 1 is 1.29 bits per heavy atom. The Bertz CT molecular complexity index is 556. The first kappa shape index (κ1) is 16.1. The number of hydrogen-bond donors (Lipinski definition) is 2. The molecule has 1 aliphatic carbocycles. The molecule has 4 nitrogen and oxygen atoms in total. The van der Waals surface area contributed by atoms with Crippen molar-refractivity contribution in [2.75, 3.05) is 0 Å². The number of carbonyl (C=O) groups excluding carboxylic acids is 1. The molecule has 1 aromatic rings. The second kappa shape index (κ2) is 6.24. The van der Waals surface area contributed by atoms with E-state index in [1.807, 2.05) is 0 Å². The molecule has 114 valence electrons. The maximum absolute atomic E-state index is 12.4. The molecule has 21 heavy (non-hydrogen) atoms. The second-order valence-corrected chi connectivity index (χ2v) is 6.41. The molecule has 1 aromatic carbocycles. The average Bonchev–Trinajstić information content (AvgIpc) is 2.41. The molecule has 2 rings (SSSR count). The zero-order valence-corrected chi connectivity index (χ0v) is 13.2. The van der Waals surface area contributed by atoms with Crippen molar-refractivity contribution in [1.82, 2.24) is 5.32 Å². The number of carboxylic acid groups (broad SMARTS) is 1. The van der Waals surface area contributed by atoms with E-state index in [0.29, 0.717) is 12.8 Å². The van der Waals surface area contributed by atoms with Crippen molar-refractivity contribution in [3.05, 3.63) is 33.8 Å². The second-order valence-electron chi connectivity index (χ2n) is 5.59. The fourth-order valence-corrected chi connectivity index (χ4v) is 3.34. The van der Waals surface area contributed by atoms with Gasteiger partial charge in [0.15, 0.2) is 0 Å². The van der Waals surface area contributed by atoms with Crippen LogP contribution in [-0.4, -0.2) is 23.0 Å². The maximum atomic E-state index is 12.4. The van der Waals surface area contributed by atoms with Gasteiger partial charge in [-0.2, -0.15) is 0 Å². The first-order valence-electron chi connectivity index (χ1n) is 6.84. The highest BCUT2D eigenvalue weighted by molar-refractivity contribution is 6.39. The number of nitrogens with one attached hydrogen (secondary N) is 1. The maximum Gasteiger partial charge on any atom is 0.311 e. The summed E-state index contributed by atoms with van der Waals surface area (Å²) >= 11 is 12.0. The normalized spacial score (nSPS) is 25.4. The minimum Gasteiger partial charge on any atom is -0.481 e. The highest BCUT2D eigenvalue weighted by Crippen LogP contribution is 2.37. The third-order valence-electron chi connectivity index (χ3n) is 4.19. The fraction of sp³-hybridized carbons (Fsp3) is 0.467. The van der Waals surface area contributed by atoms with Gasteiger partial charge >= 0.3 is 5.97 Å². The monoisotopic (exact) mass is 329 g/mol. The number of benzene rings is 1. The van der Waals surface area contributed by atoms with Crippen LogP contribution in [-0.2, 0) is 4.79 Å². The fourth-order valence-electron chi connectivity index (χ4n) is 2.77. The van der Waals surface area contributed by atoms with Gasteiger partial charge in [-0.15, -0.1) is 0 Å². The Balaban J connectivity index is 2.24. The van der Waals surface area contributed by atoms with Crippen LogP contribution in [0.5, 0.6) is 0 Å². The number of rotatable bonds is 3. The minimum atomic E-state index is -0.957. The zero-order chi connectivity index (χ0) is 15.6. The standard InChI is InChI=1S/C15H17Cl2NO3/c1-15(14(20)21)8-3-2-7-11(15)18-13(19)12-9(16)5-4-6-10(12)17/h4-6,11H,2-3,7-8H2,1H3,(H,18,19)(H,20,21). The van der Waals surface area contributed by atoms with Crippen molar-refractivity contribution in [3.63, 3.8) is 0 Å². The van der Waals surface area contributed by atoms with Gasteiger partial charge in [0, 0.05) is 6.04 Å². The van der Waals surface area contributed by atoms with Gasteiger partial charge in [0.05, 0.1) is 21.0 Å². The van der Waals surface area contributed by atoms with Gasteiger partial charge in [0.2, 0.25) is 0 Å². The molecule has 2 unspecified atom stereocenters. The first-order chi connectivity index (χ1) is 9.86. The lowest BCUT2D eigenvalue weighted by atomic mass is 9.71. The van der Waals surface area contributed by atoms with E-state index in [1.165, 1.54) is 0 Å². The predicted molar refractivity (Wildman–Crippen MR) is 81.9 cm³/mol. The molecule has 0 saturated heterocycles. The molecular formula is C15H17Cl2NO3. The quantitative estimate of drug-likeness (QED) is 0.887. The molecule has 1 aliphatic rings. The van der Waals surface area contributed by atoms with Crippen LogP contribution >= 0.6 is 23.2 Å². The number of carboxylic acids is 1. The van der Waals surface area contributed by atoms with E-state index in [9.17, 15) is 14.7 Å². The molecule has 2 atom stereocenters. The molecule has 2 N–H and O–H groups in total. The topological polar surface area (TPSA) is 66.4 Å². The van der Waals surface area contributed by atoms with Crippen molar-refractivity contribution in [2.45, 2.75) is 38.6 Å². The molecule has 0 heterocycles. The third-order valence-corrected chi connectivity index (χ3v) is 4.82. The number of hydrogen-bond acceptors (Lipinski definition) is 2. The third kappa shape index (κ3) is 3.16. The minimum absolute atomic E-state index is 0.194. The van der Waals surface area contributed by atoms with Gasteiger partial charge in [0.25, 0.3) is 5.91 Å². The van der Waals surface area contributed by atoms with E-state index in [2.05, 4.69) is 5.32 Å². The van der Waals surface area contributed by atoms with E-state index >= 15 is 0 Å². The lowest BCUT2D eigenvalue weighted by Crippen LogP contribution is -2.52. The summed E-state index contributed by atoms with van der Waals surface area (Å²) in [7, 11) is 0. The van der Waals surface area contributed by atoms with Crippen LogP contribution in [0.25, 0.3) is 0 Å². The zero-order valence-electron chi connectivity index (χ0n) is 11.7. The van der Waals surface area contributed by atoms with Crippen molar-refractivity contribution in [2.24, 2.45) is 5.41 Å². The summed E-state index contributed by atoms with van der Waals surface area (Å²) < 4.78 is 0. The Morgan fingerprint density at radius 3 is 2.48 bits per heavy atom. The summed E-state index contributed by atoms with van der Waals surface area (Å²) in [6, 6.07) is 4.39. The highest BCUT2D eigenvalue weighted by Gasteiger charge is 2.44. The lowest BCUT2D eigenvalue weighted by molar-refractivity contribution is -0.151. The lowest BCUT2D eigenvalue weighted by Gasteiger charge is -2.38. The molecule has 0 bridgehead atoms. The molecule has 0 aliphatic heterocycles. The van der Waals surface area contributed by atoms with Crippen molar-refractivity contribution in [1.29, 1.82) is 0 Å². The van der Waals surface area contributed by atoms with Gasteiger partial charge < -0.3 is 10.4 Å². The summed E-state index contributed by atoms with van der Waals surface area (Å²) in [5.41, 5.74) is -0.763. The SMILES string of the molecule is CC1(C(=O)O)CCCCC1NC(=O)c1c(Cl)cccc1Cl. The summed E-state index contributed by atoms with van der Waals surface area (Å²) in [5.74, 6) is -1.32. The van der Waals surface area contributed by atoms with Crippen LogP contribution in [0.2, 0.25) is 10.0 Å². The molecule has 1 saturated carbocycles. The number of halogens is 2. The van der Waals surface area contributed by atoms with Gasteiger partial charge in [-0.1, -0.05) is 42.1 Å². The van der Waals surface area contributed by atoms with Crippen LogP contribution in [0, 0.1) is 5.41 Å². The predicted octanol–water partition coefficient (Wildman–Crippen LogP) is 3.76. The Morgan fingerprint density at radius 2 is 1.90 bits per heavy atom. The molecular weight excluding hydrogens is 313 g/mol.